The quantitative estimate of drug-likeness (QED) is 0.431. The molecule has 0 aliphatic heterocycles. The number of carbonyl (C=O) groups excluding carboxylic acids is 1. The first kappa shape index (κ1) is 19.1. The van der Waals surface area contributed by atoms with Crippen LogP contribution in [-0.4, -0.2) is 18.2 Å². The van der Waals surface area contributed by atoms with Crippen LogP contribution in [-0.2, 0) is 9.53 Å². The molecule has 0 amide bonds. The molecule has 0 bridgehead atoms. The van der Waals surface area contributed by atoms with Crippen LogP contribution in [0.3, 0.4) is 0 Å². The van der Waals surface area contributed by atoms with E-state index in [1.54, 1.807) is 0 Å². The van der Waals surface area contributed by atoms with E-state index in [1.807, 2.05) is 5.92 Å². The summed E-state index contributed by atoms with van der Waals surface area (Å²) in [6.45, 7) is 4.27. The minimum atomic E-state index is -4.94. The highest BCUT2D eigenvalue weighted by Gasteiger charge is 2.62. The summed E-state index contributed by atoms with van der Waals surface area (Å²) in [6.07, 6.45) is -9.02. The van der Waals surface area contributed by atoms with Crippen molar-refractivity contribution in [1.82, 2.24) is 0 Å². The van der Waals surface area contributed by atoms with E-state index in [1.165, 1.54) is 20.8 Å². The van der Waals surface area contributed by atoms with Crippen LogP contribution in [0.2, 0.25) is 0 Å². The maximum Gasteiger partial charge on any atom is 0.412 e. The second-order valence-electron chi connectivity index (χ2n) is 5.56. The number of ether oxygens (including phenoxy) is 1. The summed E-state index contributed by atoms with van der Waals surface area (Å²) in [6, 6.07) is 0. The van der Waals surface area contributed by atoms with Gasteiger partial charge in [-0.15, -0.1) is 5.92 Å². The molecule has 0 heterocycles. The third kappa shape index (κ3) is 5.05. The van der Waals surface area contributed by atoms with Gasteiger partial charge in [0.2, 0.25) is 6.10 Å². The molecule has 0 aromatic heterocycles. The molecule has 0 N–H and O–H groups in total. The predicted octanol–water partition coefficient (Wildman–Crippen LogP) is 4.39. The Kier molecular flexibility index (Phi) is 5.56. The number of hydrogen-bond donors (Lipinski definition) is 0. The lowest BCUT2D eigenvalue weighted by Gasteiger charge is -2.12. The molecule has 1 saturated carbocycles. The molecular formula is C15H14F6O2. The molecule has 0 aromatic rings. The summed E-state index contributed by atoms with van der Waals surface area (Å²) in [4.78, 5) is 11.9. The predicted molar refractivity (Wildman–Crippen MR) is 69.6 cm³/mol. The lowest BCUT2D eigenvalue weighted by Crippen LogP contribution is -2.21. The van der Waals surface area contributed by atoms with Crippen LogP contribution in [0.25, 0.3) is 0 Å². The van der Waals surface area contributed by atoms with Crippen LogP contribution < -0.4 is 0 Å². The van der Waals surface area contributed by atoms with Gasteiger partial charge >= 0.3 is 12.1 Å². The van der Waals surface area contributed by atoms with Crippen LogP contribution >= 0.6 is 0 Å². The lowest BCUT2D eigenvalue weighted by molar-refractivity contribution is -0.148. The summed E-state index contributed by atoms with van der Waals surface area (Å²) in [5.74, 6) is -0.516. The monoisotopic (exact) mass is 340 g/mol. The van der Waals surface area contributed by atoms with E-state index in [-0.39, 0.29) is 0 Å². The molecule has 3 atom stereocenters. The van der Waals surface area contributed by atoms with Gasteiger partial charge in [-0.1, -0.05) is 19.8 Å². The average Bonchev–Trinajstić information content (AvgIpc) is 2.87. The van der Waals surface area contributed by atoms with E-state index < -0.39 is 53.5 Å². The molecule has 0 aromatic carbocycles. The molecular weight excluding hydrogens is 326 g/mol. The Bertz CT molecular complexity index is 587. The molecule has 0 saturated heterocycles. The zero-order valence-corrected chi connectivity index (χ0v) is 12.5. The summed E-state index contributed by atoms with van der Waals surface area (Å²) in [5.41, 5.74) is -0.852. The van der Waals surface area contributed by atoms with Gasteiger partial charge in [0.25, 0.3) is 6.08 Å². The third-order valence-corrected chi connectivity index (χ3v) is 3.53. The van der Waals surface area contributed by atoms with E-state index in [9.17, 15) is 31.1 Å². The number of halogens is 6. The molecule has 3 unspecified atom stereocenters. The van der Waals surface area contributed by atoms with Gasteiger partial charge < -0.3 is 4.74 Å². The topological polar surface area (TPSA) is 26.3 Å². The first-order valence-electron chi connectivity index (χ1n) is 6.50. The van der Waals surface area contributed by atoms with Crippen molar-refractivity contribution < 1.29 is 35.9 Å². The van der Waals surface area contributed by atoms with E-state index in [2.05, 4.69) is 10.7 Å². The molecule has 1 fully saturated rings. The molecule has 23 heavy (non-hydrogen) atoms. The zero-order valence-electron chi connectivity index (χ0n) is 12.5. The smallest absolute Gasteiger partial charge is 0.412 e. The van der Waals surface area contributed by atoms with Crippen molar-refractivity contribution in [2.45, 2.75) is 33.1 Å². The fourth-order valence-corrected chi connectivity index (χ4v) is 2.28. The Labute approximate surface area is 129 Å². The highest BCUT2D eigenvalue weighted by molar-refractivity contribution is 5.79. The number of esters is 1. The van der Waals surface area contributed by atoms with Gasteiger partial charge in [-0.25, -0.2) is 4.39 Å². The lowest BCUT2D eigenvalue weighted by atomic mass is 10.1. The number of allylic oxidation sites excluding steroid dienone is 2. The second-order valence-corrected chi connectivity index (χ2v) is 5.56. The molecule has 2 nitrogen and oxygen atoms in total. The van der Waals surface area contributed by atoms with Crippen LogP contribution in [0, 0.1) is 29.1 Å². The van der Waals surface area contributed by atoms with Gasteiger partial charge in [-0.05, 0) is 18.4 Å². The molecule has 1 rings (SSSR count). The van der Waals surface area contributed by atoms with E-state index in [0.29, 0.717) is 6.08 Å². The summed E-state index contributed by atoms with van der Waals surface area (Å²) in [7, 11) is 0. The number of rotatable bonds is 4. The van der Waals surface area contributed by atoms with Crippen molar-refractivity contribution in [3.05, 3.63) is 24.1 Å². The Balaban J connectivity index is 2.90. The van der Waals surface area contributed by atoms with Crippen LogP contribution in [0.1, 0.15) is 20.8 Å². The minimum Gasteiger partial charge on any atom is -0.441 e. The molecule has 0 radical (unpaired) electrons. The SMILES string of the molecule is CC#CC(OC(=O)C1C(C=C(F)F)C1(C)C)C(F)=CC(F)(F)F. The Morgan fingerprint density at radius 2 is 1.83 bits per heavy atom. The third-order valence-electron chi connectivity index (χ3n) is 3.53. The molecule has 1 aliphatic rings. The highest BCUT2D eigenvalue weighted by atomic mass is 19.4. The van der Waals surface area contributed by atoms with Crippen molar-refractivity contribution in [2.75, 3.05) is 0 Å². The normalized spacial score (nSPS) is 24.1. The van der Waals surface area contributed by atoms with Crippen molar-refractivity contribution in [3.63, 3.8) is 0 Å². The van der Waals surface area contributed by atoms with Crippen LogP contribution in [0.15, 0.2) is 24.1 Å². The van der Waals surface area contributed by atoms with Gasteiger partial charge in [-0.2, -0.15) is 22.0 Å². The maximum atomic E-state index is 13.5. The highest BCUT2D eigenvalue weighted by Crippen LogP contribution is 2.60. The number of carbonyl (C=O) groups is 1. The van der Waals surface area contributed by atoms with Gasteiger partial charge in [0.15, 0.2) is 5.83 Å². The minimum absolute atomic E-state index is 0.578. The first-order chi connectivity index (χ1) is 10.4. The molecule has 1 aliphatic carbocycles. The van der Waals surface area contributed by atoms with E-state index in [0.717, 1.165) is 0 Å². The fraction of sp³-hybridized carbons (Fsp3) is 0.533. The second kappa shape index (κ2) is 6.69. The summed E-state index contributed by atoms with van der Waals surface area (Å²) >= 11 is 0. The van der Waals surface area contributed by atoms with Crippen molar-refractivity contribution in [3.8, 4) is 11.8 Å². The number of alkyl halides is 3. The molecule has 0 spiro atoms. The first-order valence-corrected chi connectivity index (χ1v) is 6.50. The van der Waals surface area contributed by atoms with E-state index >= 15 is 0 Å². The Morgan fingerprint density at radius 3 is 2.26 bits per heavy atom. The van der Waals surface area contributed by atoms with Crippen molar-refractivity contribution >= 4 is 5.97 Å². The van der Waals surface area contributed by atoms with E-state index in [4.69, 9.17) is 0 Å². The van der Waals surface area contributed by atoms with Gasteiger partial charge in [0.05, 0.1) is 12.0 Å². The standard InChI is InChI=1S/C15H14F6O2/c1-4-5-10(9(16)7-15(19,20)21)23-13(22)12-8(6-11(17)18)14(12,2)3/h6-8,10,12H,1-3H3. The number of hydrogen-bond acceptors (Lipinski definition) is 2. The summed E-state index contributed by atoms with van der Waals surface area (Å²) in [5, 5.41) is 0. The van der Waals surface area contributed by atoms with Gasteiger partial charge in [-0.3, -0.25) is 4.79 Å². The zero-order chi connectivity index (χ0) is 18.0. The molecule has 128 valence electrons. The van der Waals surface area contributed by atoms with Gasteiger partial charge in [0.1, 0.15) is 0 Å². The maximum absolute atomic E-state index is 13.5. The van der Waals surface area contributed by atoms with Crippen molar-refractivity contribution in [2.24, 2.45) is 17.3 Å². The average molecular weight is 340 g/mol. The van der Waals surface area contributed by atoms with Gasteiger partial charge in [0, 0.05) is 5.92 Å². The van der Waals surface area contributed by atoms with Crippen LogP contribution in [0.4, 0.5) is 26.3 Å². The largest absolute Gasteiger partial charge is 0.441 e. The van der Waals surface area contributed by atoms with Crippen LogP contribution in [0.5, 0.6) is 0 Å². The fourth-order valence-electron chi connectivity index (χ4n) is 2.28. The van der Waals surface area contributed by atoms with Crippen molar-refractivity contribution in [1.29, 1.82) is 0 Å². The Hall–Kier alpha value is -1.91. The Morgan fingerprint density at radius 1 is 1.26 bits per heavy atom. The molecule has 8 heteroatoms. The summed E-state index contributed by atoms with van der Waals surface area (Å²) < 4.78 is 79.2.